The molecule has 2 aliphatic rings. The predicted octanol–water partition coefficient (Wildman–Crippen LogP) is 11.9. The summed E-state index contributed by atoms with van der Waals surface area (Å²) in [5.41, 5.74) is 17.2. The quantitative estimate of drug-likeness (QED) is 0.184. The predicted molar refractivity (Wildman–Crippen MR) is 208 cm³/mol. The van der Waals surface area contributed by atoms with Crippen LogP contribution in [0.5, 0.6) is 0 Å². The van der Waals surface area contributed by atoms with Crippen LogP contribution >= 0.6 is 0 Å². The van der Waals surface area contributed by atoms with Crippen molar-refractivity contribution in [2.45, 2.75) is 38.5 Å². The van der Waals surface area contributed by atoms with E-state index in [2.05, 4.69) is 176 Å². The van der Waals surface area contributed by atoms with Crippen molar-refractivity contribution in [3.63, 3.8) is 0 Å². The molecule has 0 fully saturated rings. The molecule has 11 rings (SSSR count). The fourth-order valence-electron chi connectivity index (χ4n) is 9.44. The summed E-state index contributed by atoms with van der Waals surface area (Å²) >= 11 is 0. The van der Waals surface area contributed by atoms with Crippen LogP contribution in [0.4, 0.5) is 0 Å². The largest absolute Gasteiger partial charge is 0.294 e. The van der Waals surface area contributed by atoms with E-state index in [1.807, 2.05) is 0 Å². The summed E-state index contributed by atoms with van der Waals surface area (Å²) < 4.78 is 4.77. The van der Waals surface area contributed by atoms with Crippen LogP contribution in [0.15, 0.2) is 140 Å². The Hall–Kier alpha value is -5.93. The number of rotatable bonds is 2. The maximum absolute atomic E-state index is 5.67. The Morgan fingerprint density at radius 2 is 0.780 bits per heavy atom. The van der Waals surface area contributed by atoms with E-state index in [-0.39, 0.29) is 10.8 Å². The molecule has 238 valence electrons. The minimum absolute atomic E-state index is 0.0885. The molecule has 0 unspecified atom stereocenters. The van der Waals surface area contributed by atoms with Crippen LogP contribution in [0, 0.1) is 0 Å². The number of nitrogens with zero attached hydrogens (tertiary/aromatic N) is 3. The number of aromatic nitrogens is 3. The summed E-state index contributed by atoms with van der Waals surface area (Å²) in [6, 6.07) is 51.7. The smallest absolute Gasteiger partial charge is 0.148 e. The summed E-state index contributed by atoms with van der Waals surface area (Å²) in [7, 11) is 0. The van der Waals surface area contributed by atoms with E-state index in [0.717, 1.165) is 22.7 Å². The van der Waals surface area contributed by atoms with Crippen molar-refractivity contribution < 1.29 is 0 Å². The first kappa shape index (κ1) is 28.0. The van der Waals surface area contributed by atoms with Crippen LogP contribution in [0.3, 0.4) is 0 Å². The Kier molecular flexibility index (Phi) is 5.25. The van der Waals surface area contributed by atoms with Crippen LogP contribution in [-0.4, -0.2) is 14.1 Å². The molecule has 3 nitrogen and oxygen atoms in total. The van der Waals surface area contributed by atoms with Gasteiger partial charge in [0.15, 0.2) is 0 Å². The van der Waals surface area contributed by atoms with E-state index in [4.69, 9.17) is 4.98 Å². The SMILES string of the molecule is CC1(C)c2ccccc2-c2ccc(-n3c4ccccc4c4cc5c6ccccc6n(-c6ccc7c(c6)C(C)(C)c6ccccc6-7)c5nc43)cc21. The van der Waals surface area contributed by atoms with Gasteiger partial charge >= 0.3 is 0 Å². The molecule has 0 radical (unpaired) electrons. The molecule has 0 saturated carbocycles. The molecule has 0 spiro atoms. The minimum Gasteiger partial charge on any atom is -0.294 e. The molecule has 0 saturated heterocycles. The lowest BCUT2D eigenvalue weighted by molar-refractivity contribution is 0.660. The van der Waals surface area contributed by atoms with Crippen molar-refractivity contribution in [3.05, 3.63) is 162 Å². The van der Waals surface area contributed by atoms with Crippen LogP contribution in [0.25, 0.3) is 77.5 Å². The number of hydrogen-bond acceptors (Lipinski definition) is 1. The average molecular weight is 642 g/mol. The Morgan fingerprint density at radius 3 is 1.26 bits per heavy atom. The zero-order valence-electron chi connectivity index (χ0n) is 28.6. The highest BCUT2D eigenvalue weighted by molar-refractivity contribution is 6.16. The molecule has 3 heterocycles. The maximum atomic E-state index is 5.67. The molecular weight excluding hydrogens is 607 g/mol. The number of hydrogen-bond donors (Lipinski definition) is 0. The minimum atomic E-state index is -0.0885. The first-order chi connectivity index (χ1) is 24.3. The van der Waals surface area contributed by atoms with E-state index in [1.165, 1.54) is 77.1 Å². The zero-order valence-corrected chi connectivity index (χ0v) is 28.6. The first-order valence-electron chi connectivity index (χ1n) is 17.7. The third kappa shape index (κ3) is 3.42. The zero-order chi connectivity index (χ0) is 33.5. The van der Waals surface area contributed by atoms with Crippen LogP contribution in [0.1, 0.15) is 49.9 Å². The third-order valence-electron chi connectivity index (χ3n) is 11.9. The Bertz CT molecular complexity index is 2730. The highest BCUT2D eigenvalue weighted by Crippen LogP contribution is 2.51. The molecule has 0 aliphatic heterocycles. The summed E-state index contributed by atoms with van der Waals surface area (Å²) in [4.78, 5) is 5.67. The third-order valence-corrected chi connectivity index (χ3v) is 11.9. The highest BCUT2D eigenvalue weighted by atomic mass is 15.1. The van der Waals surface area contributed by atoms with Gasteiger partial charge in [0.1, 0.15) is 11.3 Å². The molecule has 0 atom stereocenters. The molecule has 3 aromatic heterocycles. The Morgan fingerprint density at radius 1 is 0.380 bits per heavy atom. The lowest BCUT2D eigenvalue weighted by Crippen LogP contribution is -2.15. The van der Waals surface area contributed by atoms with E-state index in [1.54, 1.807) is 0 Å². The maximum Gasteiger partial charge on any atom is 0.148 e. The fraction of sp³-hybridized carbons (Fsp3) is 0.128. The van der Waals surface area contributed by atoms with Gasteiger partial charge in [-0.05, 0) is 87.0 Å². The van der Waals surface area contributed by atoms with Crippen LogP contribution in [0.2, 0.25) is 0 Å². The fourth-order valence-corrected chi connectivity index (χ4v) is 9.44. The topological polar surface area (TPSA) is 22.8 Å². The molecule has 2 aliphatic carbocycles. The second kappa shape index (κ2) is 9.40. The average Bonchev–Trinajstić information content (AvgIpc) is 3.79. The van der Waals surface area contributed by atoms with Crippen molar-refractivity contribution in [1.29, 1.82) is 0 Å². The van der Waals surface area contributed by atoms with E-state index >= 15 is 0 Å². The van der Waals surface area contributed by atoms with E-state index in [9.17, 15) is 0 Å². The van der Waals surface area contributed by atoms with Gasteiger partial charge in [0.2, 0.25) is 0 Å². The van der Waals surface area contributed by atoms with Gasteiger partial charge in [0.25, 0.3) is 0 Å². The van der Waals surface area contributed by atoms with Gasteiger partial charge in [-0.25, -0.2) is 4.98 Å². The second-order valence-electron chi connectivity index (χ2n) is 15.2. The number of fused-ring (bicyclic) bond motifs is 12. The molecule has 50 heavy (non-hydrogen) atoms. The van der Waals surface area contributed by atoms with Crippen molar-refractivity contribution in [3.8, 4) is 33.6 Å². The summed E-state index contributed by atoms with van der Waals surface area (Å²) in [5.74, 6) is 0. The van der Waals surface area contributed by atoms with Gasteiger partial charge < -0.3 is 0 Å². The molecule has 6 aromatic carbocycles. The normalized spacial score (nSPS) is 15.1. The number of para-hydroxylation sites is 2. The molecular formula is C47H35N3. The highest BCUT2D eigenvalue weighted by Gasteiger charge is 2.37. The molecule has 0 amide bonds. The van der Waals surface area contributed by atoms with Gasteiger partial charge in [0, 0.05) is 43.7 Å². The summed E-state index contributed by atoms with van der Waals surface area (Å²) in [6.07, 6.45) is 0. The lowest BCUT2D eigenvalue weighted by Gasteiger charge is -2.22. The monoisotopic (exact) mass is 641 g/mol. The standard InChI is InChI=1S/C47H35N3/c1-46(2)38-17-9-5-13-30(38)32-23-21-28(25-40(32)46)49-42-19-11-7-15-34(42)36-27-37-35-16-8-12-20-43(35)50(45(37)48-44(36)49)29-22-24-33-31-14-6-10-18-39(31)47(3,4)41(33)26-29/h5-27H,1-4H3. The number of pyridine rings is 1. The van der Waals surface area contributed by atoms with Gasteiger partial charge in [-0.1, -0.05) is 125 Å². The van der Waals surface area contributed by atoms with Crippen molar-refractivity contribution in [1.82, 2.24) is 14.1 Å². The molecule has 0 N–H and O–H groups in total. The molecule has 3 heteroatoms. The van der Waals surface area contributed by atoms with Gasteiger partial charge in [0.05, 0.1) is 11.0 Å². The first-order valence-corrected chi connectivity index (χ1v) is 17.7. The van der Waals surface area contributed by atoms with Crippen molar-refractivity contribution in [2.24, 2.45) is 0 Å². The van der Waals surface area contributed by atoms with E-state index < -0.39 is 0 Å². The van der Waals surface area contributed by atoms with Crippen LogP contribution in [-0.2, 0) is 10.8 Å². The van der Waals surface area contributed by atoms with Crippen molar-refractivity contribution in [2.75, 3.05) is 0 Å². The van der Waals surface area contributed by atoms with Gasteiger partial charge in [-0.3, -0.25) is 9.13 Å². The second-order valence-corrected chi connectivity index (χ2v) is 15.2. The molecule has 9 aromatic rings. The summed E-state index contributed by atoms with van der Waals surface area (Å²) in [5, 5.41) is 4.77. The summed E-state index contributed by atoms with van der Waals surface area (Å²) in [6.45, 7) is 9.40. The van der Waals surface area contributed by atoms with E-state index in [0.29, 0.717) is 0 Å². The van der Waals surface area contributed by atoms with Crippen molar-refractivity contribution >= 4 is 43.9 Å². The Balaban J connectivity index is 1.20. The molecule has 0 bridgehead atoms. The lowest BCUT2D eigenvalue weighted by atomic mass is 9.82. The van der Waals surface area contributed by atoms with Gasteiger partial charge in [-0.2, -0.15) is 0 Å². The number of benzene rings is 6. The van der Waals surface area contributed by atoms with Crippen LogP contribution < -0.4 is 0 Å². The Labute approximate surface area is 291 Å². The van der Waals surface area contributed by atoms with Gasteiger partial charge in [-0.15, -0.1) is 0 Å².